The van der Waals surface area contributed by atoms with Gasteiger partial charge < -0.3 is 4.98 Å². The topological polar surface area (TPSA) is 19.0 Å². The molecular weight excluding hydrogens is 220 g/mol. The van der Waals surface area contributed by atoms with Gasteiger partial charge in [-0.05, 0) is 43.5 Å². The van der Waals surface area contributed by atoms with Gasteiger partial charge in [-0.15, -0.1) is 0 Å². The van der Waals surface area contributed by atoms with E-state index < -0.39 is 0 Å². The predicted octanol–water partition coefficient (Wildman–Crippen LogP) is 3.79. The van der Waals surface area contributed by atoms with Gasteiger partial charge in [-0.1, -0.05) is 31.5 Å². The van der Waals surface area contributed by atoms with E-state index >= 15 is 0 Å². The number of aromatic amines is 1. The van der Waals surface area contributed by atoms with E-state index in [2.05, 4.69) is 47.3 Å². The number of H-pyrrole nitrogens is 1. The van der Waals surface area contributed by atoms with E-state index in [1.165, 1.54) is 48.8 Å². The Morgan fingerprint density at radius 3 is 2.78 bits per heavy atom. The molecule has 1 aromatic heterocycles. The van der Waals surface area contributed by atoms with E-state index in [1.807, 2.05) is 0 Å². The van der Waals surface area contributed by atoms with Gasteiger partial charge in [0.2, 0.25) is 0 Å². The van der Waals surface area contributed by atoms with Crippen LogP contribution in [0, 0.1) is 5.92 Å². The zero-order chi connectivity index (χ0) is 12.4. The lowest BCUT2D eigenvalue weighted by atomic mass is 9.94. The molecule has 2 heteroatoms. The quantitative estimate of drug-likeness (QED) is 0.867. The summed E-state index contributed by atoms with van der Waals surface area (Å²) in [4.78, 5) is 5.97. The van der Waals surface area contributed by atoms with Gasteiger partial charge in [-0.3, -0.25) is 4.90 Å². The van der Waals surface area contributed by atoms with Crippen molar-refractivity contribution in [2.24, 2.45) is 5.92 Å². The summed E-state index contributed by atoms with van der Waals surface area (Å²) in [6, 6.07) is 8.60. The molecule has 0 unspecified atom stereocenters. The average Bonchev–Trinajstić information content (AvgIpc) is 2.83. The van der Waals surface area contributed by atoms with Crippen LogP contribution in [0.4, 0.5) is 0 Å². The molecule has 1 N–H and O–H groups in total. The third-order valence-electron chi connectivity index (χ3n) is 4.35. The van der Waals surface area contributed by atoms with Crippen LogP contribution in [0.3, 0.4) is 0 Å². The number of para-hydroxylation sites is 1. The molecule has 0 aliphatic carbocycles. The molecule has 0 atom stereocenters. The second-order valence-corrected chi connectivity index (χ2v) is 5.49. The van der Waals surface area contributed by atoms with Crippen molar-refractivity contribution in [2.45, 2.75) is 32.7 Å². The highest BCUT2D eigenvalue weighted by atomic mass is 15.1. The van der Waals surface area contributed by atoms with E-state index in [0.717, 1.165) is 12.5 Å². The van der Waals surface area contributed by atoms with Crippen LogP contribution >= 0.6 is 0 Å². The van der Waals surface area contributed by atoms with Gasteiger partial charge in [0.05, 0.1) is 0 Å². The highest BCUT2D eigenvalue weighted by molar-refractivity contribution is 5.82. The summed E-state index contributed by atoms with van der Waals surface area (Å²) in [5, 5.41) is 1.38. The number of hydrogen-bond donors (Lipinski definition) is 1. The lowest BCUT2D eigenvalue weighted by Gasteiger charge is -2.31. The van der Waals surface area contributed by atoms with Crippen molar-refractivity contribution >= 4 is 10.9 Å². The SMILES string of the molecule is CCC1CCN(Cc2c[nH]c3ccccc23)CC1. The number of fused-ring (bicyclic) bond motifs is 1. The average molecular weight is 242 g/mol. The van der Waals surface area contributed by atoms with E-state index in [9.17, 15) is 0 Å². The van der Waals surface area contributed by atoms with Crippen LogP contribution < -0.4 is 0 Å². The monoisotopic (exact) mass is 242 g/mol. The minimum Gasteiger partial charge on any atom is -0.361 e. The lowest BCUT2D eigenvalue weighted by molar-refractivity contribution is 0.175. The van der Waals surface area contributed by atoms with Crippen LogP contribution in [0.5, 0.6) is 0 Å². The number of rotatable bonds is 3. The Bertz CT molecular complexity index is 507. The van der Waals surface area contributed by atoms with Crippen molar-refractivity contribution in [3.8, 4) is 0 Å². The van der Waals surface area contributed by atoms with Crippen molar-refractivity contribution in [2.75, 3.05) is 13.1 Å². The standard InChI is InChI=1S/C16H22N2/c1-2-13-7-9-18(10-8-13)12-14-11-17-16-6-4-3-5-15(14)16/h3-6,11,13,17H,2,7-10,12H2,1H3. The van der Waals surface area contributed by atoms with Crippen molar-refractivity contribution in [1.29, 1.82) is 0 Å². The van der Waals surface area contributed by atoms with E-state index in [-0.39, 0.29) is 0 Å². The fraction of sp³-hybridized carbons (Fsp3) is 0.500. The van der Waals surface area contributed by atoms with Crippen molar-refractivity contribution in [1.82, 2.24) is 9.88 Å². The Kier molecular flexibility index (Phi) is 3.37. The summed E-state index contributed by atoms with van der Waals surface area (Å²) in [6.45, 7) is 5.94. The molecule has 0 spiro atoms. The molecular formula is C16H22N2. The van der Waals surface area contributed by atoms with E-state index in [1.54, 1.807) is 0 Å². The third kappa shape index (κ3) is 2.30. The number of nitrogens with one attached hydrogen (secondary N) is 1. The largest absolute Gasteiger partial charge is 0.361 e. The molecule has 0 bridgehead atoms. The maximum absolute atomic E-state index is 3.37. The van der Waals surface area contributed by atoms with E-state index in [0.29, 0.717) is 0 Å². The summed E-state index contributed by atoms with van der Waals surface area (Å²) in [6.07, 6.45) is 6.27. The number of nitrogens with zero attached hydrogens (tertiary/aromatic N) is 1. The number of likely N-dealkylation sites (tertiary alicyclic amines) is 1. The summed E-state index contributed by atoms with van der Waals surface area (Å²) in [5.74, 6) is 0.962. The van der Waals surface area contributed by atoms with Crippen LogP contribution in [0.2, 0.25) is 0 Å². The molecule has 2 aromatic rings. The lowest BCUT2D eigenvalue weighted by Crippen LogP contribution is -2.32. The first-order chi connectivity index (χ1) is 8.86. The number of aromatic nitrogens is 1. The van der Waals surface area contributed by atoms with Crippen LogP contribution in [0.15, 0.2) is 30.5 Å². The molecule has 2 heterocycles. The summed E-state index contributed by atoms with van der Waals surface area (Å²) >= 11 is 0. The number of benzene rings is 1. The van der Waals surface area contributed by atoms with Crippen molar-refractivity contribution < 1.29 is 0 Å². The number of hydrogen-bond acceptors (Lipinski definition) is 1. The zero-order valence-corrected chi connectivity index (χ0v) is 11.2. The molecule has 0 saturated carbocycles. The minimum atomic E-state index is 0.962. The normalized spacial score (nSPS) is 18.5. The Labute approximate surface area is 109 Å². The Balaban J connectivity index is 1.70. The molecule has 1 aliphatic heterocycles. The summed E-state index contributed by atoms with van der Waals surface area (Å²) in [7, 11) is 0. The fourth-order valence-electron chi connectivity index (χ4n) is 3.06. The van der Waals surface area contributed by atoms with Crippen LogP contribution in [-0.4, -0.2) is 23.0 Å². The molecule has 1 aliphatic rings. The number of piperidine rings is 1. The highest BCUT2D eigenvalue weighted by Crippen LogP contribution is 2.24. The van der Waals surface area contributed by atoms with Gasteiger partial charge in [0, 0.05) is 23.6 Å². The Hall–Kier alpha value is -1.28. The Morgan fingerprint density at radius 1 is 1.22 bits per heavy atom. The molecule has 3 rings (SSSR count). The van der Waals surface area contributed by atoms with Crippen LogP contribution in [0.1, 0.15) is 31.7 Å². The maximum Gasteiger partial charge on any atom is 0.0457 e. The first-order valence-corrected chi connectivity index (χ1v) is 7.14. The van der Waals surface area contributed by atoms with Gasteiger partial charge in [0.15, 0.2) is 0 Å². The maximum atomic E-state index is 3.37. The smallest absolute Gasteiger partial charge is 0.0457 e. The second kappa shape index (κ2) is 5.15. The first-order valence-electron chi connectivity index (χ1n) is 7.14. The molecule has 2 nitrogen and oxygen atoms in total. The van der Waals surface area contributed by atoms with Gasteiger partial charge in [-0.25, -0.2) is 0 Å². The zero-order valence-electron chi connectivity index (χ0n) is 11.2. The van der Waals surface area contributed by atoms with Gasteiger partial charge in [0.25, 0.3) is 0 Å². The molecule has 96 valence electrons. The summed E-state index contributed by atoms with van der Waals surface area (Å²) in [5.41, 5.74) is 2.71. The second-order valence-electron chi connectivity index (χ2n) is 5.49. The van der Waals surface area contributed by atoms with Gasteiger partial charge in [0.1, 0.15) is 0 Å². The molecule has 18 heavy (non-hydrogen) atoms. The highest BCUT2D eigenvalue weighted by Gasteiger charge is 2.18. The Morgan fingerprint density at radius 2 is 2.00 bits per heavy atom. The molecule has 1 saturated heterocycles. The molecule has 0 radical (unpaired) electrons. The molecule has 1 aromatic carbocycles. The van der Waals surface area contributed by atoms with Crippen LogP contribution in [0.25, 0.3) is 10.9 Å². The van der Waals surface area contributed by atoms with Crippen LogP contribution in [-0.2, 0) is 6.54 Å². The third-order valence-corrected chi connectivity index (χ3v) is 4.35. The van der Waals surface area contributed by atoms with Gasteiger partial charge >= 0.3 is 0 Å². The van der Waals surface area contributed by atoms with E-state index in [4.69, 9.17) is 0 Å². The molecule has 0 amide bonds. The van der Waals surface area contributed by atoms with Crippen molar-refractivity contribution in [3.05, 3.63) is 36.0 Å². The molecule has 1 fully saturated rings. The first kappa shape index (κ1) is 11.8. The minimum absolute atomic E-state index is 0.962. The van der Waals surface area contributed by atoms with Gasteiger partial charge in [-0.2, -0.15) is 0 Å². The summed E-state index contributed by atoms with van der Waals surface area (Å²) < 4.78 is 0. The van der Waals surface area contributed by atoms with Crippen molar-refractivity contribution in [3.63, 3.8) is 0 Å². The fourth-order valence-corrected chi connectivity index (χ4v) is 3.06. The predicted molar refractivity (Wildman–Crippen MR) is 76.6 cm³/mol.